The molecule has 1 aromatic rings. The van der Waals surface area contributed by atoms with Gasteiger partial charge in [0.05, 0.1) is 0 Å². The summed E-state index contributed by atoms with van der Waals surface area (Å²) in [5, 5.41) is 0.222. The quantitative estimate of drug-likeness (QED) is 0.331. The molecule has 0 saturated carbocycles. The van der Waals surface area contributed by atoms with Gasteiger partial charge in [-0.15, -0.1) is 0 Å². The molecule has 7 heteroatoms. The van der Waals surface area contributed by atoms with Crippen molar-refractivity contribution in [2.24, 2.45) is 0 Å². The largest absolute Gasteiger partial charge is 0.409 e. The Hall–Kier alpha value is 0.659. The minimum atomic E-state index is -1.49. The molecule has 182 valence electrons. The average molecular weight is 538 g/mol. The fourth-order valence-electron chi connectivity index (χ4n) is 8.54. The molecule has 1 aliphatic rings. The highest BCUT2D eigenvalue weighted by molar-refractivity contribution is 7.39. The van der Waals surface area contributed by atoms with Crippen LogP contribution in [0.2, 0.25) is 87.1 Å². The molecule has 0 amide bonds. The second-order valence-corrected chi connectivity index (χ2v) is 43.2. The molecule has 0 aliphatic carbocycles. The first kappa shape index (κ1) is 28.9. The van der Waals surface area contributed by atoms with Crippen LogP contribution in [-0.4, -0.2) is 45.9 Å². The van der Waals surface area contributed by atoms with E-state index in [1.165, 1.54) is 35.0 Å². The smallest absolute Gasteiger partial charge is 0.0451 e. The fraction of sp³-hybridized carbons (Fsp3) is 0.760. The first-order valence-corrected chi connectivity index (χ1v) is 28.7. The van der Waals surface area contributed by atoms with E-state index in [-0.39, 0.29) is 5.33 Å². The minimum absolute atomic E-state index is 0.222. The molecule has 1 aromatic carbocycles. The molecule has 1 heterocycles. The van der Waals surface area contributed by atoms with Crippen LogP contribution in [0.15, 0.2) is 12.1 Å². The number of halogens is 1. The first-order chi connectivity index (χ1) is 14.1. The van der Waals surface area contributed by atoms with E-state index >= 15 is 0 Å². The van der Waals surface area contributed by atoms with Crippen molar-refractivity contribution in [3.8, 4) is 0 Å². The Morgan fingerprint density at radius 2 is 0.938 bits per heavy atom. The van der Waals surface area contributed by atoms with E-state index in [0.29, 0.717) is 8.57 Å². The normalized spacial score (nSPS) is 19.4. The van der Waals surface area contributed by atoms with E-state index in [1.54, 1.807) is 0 Å². The van der Waals surface area contributed by atoms with Gasteiger partial charge in [-0.2, -0.15) is 8.27 Å². The summed E-state index contributed by atoms with van der Waals surface area (Å²) < 4.78 is 1.11. The fourth-order valence-corrected chi connectivity index (χ4v) is 54.4. The third kappa shape index (κ3) is 4.25. The summed E-state index contributed by atoms with van der Waals surface area (Å²) in [7, 11) is -6.89. The lowest BCUT2D eigenvalue weighted by atomic mass is 9.84. The Morgan fingerprint density at radius 1 is 0.656 bits per heavy atom. The molecule has 1 aliphatic heterocycles. The standard InChI is InChI=1S/C25H51BClSi5/c1-20-18-21(2)23(22(3)19-20)26(27)28-24(29(4,5)6,30(7,8)9)16-17-25(28,31(10,11)12)32(13,14)15/h18-19H,16-17H2,1-15H3/q-1. The molecule has 0 radical (unpaired) electrons. The highest BCUT2D eigenvalue weighted by atomic mass is 35.5. The van der Waals surface area contributed by atoms with Crippen molar-refractivity contribution in [1.29, 1.82) is 0 Å². The molecule has 32 heavy (non-hydrogen) atoms. The van der Waals surface area contributed by atoms with Crippen LogP contribution >= 0.6 is 11.5 Å². The summed E-state index contributed by atoms with van der Waals surface area (Å²) in [5.74, 6) is 0. The maximum Gasteiger partial charge on any atom is 0.0451 e. The van der Waals surface area contributed by atoms with Crippen LogP contribution in [0.25, 0.3) is 0 Å². The van der Waals surface area contributed by atoms with E-state index in [1.807, 2.05) is 0 Å². The Bertz CT molecular complexity index is 831. The summed E-state index contributed by atoms with van der Waals surface area (Å²) in [6.45, 7) is 39.4. The van der Waals surface area contributed by atoms with Crippen molar-refractivity contribution in [2.45, 2.75) is 121 Å². The zero-order valence-corrected chi connectivity index (χ0v) is 29.8. The minimum Gasteiger partial charge on any atom is -0.409 e. The zero-order chi connectivity index (χ0) is 25.3. The van der Waals surface area contributed by atoms with Gasteiger partial charge in [0, 0.05) is 32.3 Å². The van der Waals surface area contributed by atoms with E-state index in [0.717, 1.165) is 0 Å². The predicted molar refractivity (Wildman–Crippen MR) is 166 cm³/mol. The van der Waals surface area contributed by atoms with Crippen LogP contribution in [-0.2, 0) is 0 Å². The van der Waals surface area contributed by atoms with Gasteiger partial charge in [-0.1, -0.05) is 129 Å². The van der Waals surface area contributed by atoms with Crippen LogP contribution in [0.4, 0.5) is 0 Å². The number of hydrogen-bond donors (Lipinski definition) is 0. The molecular weight excluding hydrogens is 487 g/mol. The first-order valence-electron chi connectivity index (χ1n) is 12.7. The number of hydrogen-bond acceptors (Lipinski definition) is 0. The summed E-state index contributed by atoms with van der Waals surface area (Å²) in [5.41, 5.74) is 5.76. The molecule has 0 N–H and O–H groups in total. The number of rotatable bonds is 5. The maximum absolute atomic E-state index is 8.00. The van der Waals surface area contributed by atoms with E-state index in [9.17, 15) is 0 Å². The van der Waals surface area contributed by atoms with Crippen molar-refractivity contribution < 1.29 is 0 Å². The van der Waals surface area contributed by atoms with Crippen molar-refractivity contribution in [3.63, 3.8) is 0 Å². The number of aryl methyl sites for hydroxylation is 3. The van der Waals surface area contributed by atoms with Crippen molar-refractivity contribution in [1.82, 2.24) is 0 Å². The summed E-state index contributed by atoms with van der Waals surface area (Å²) in [6.07, 6.45) is 2.93. The Labute approximate surface area is 211 Å². The highest BCUT2D eigenvalue weighted by Gasteiger charge is 2.66. The van der Waals surface area contributed by atoms with Gasteiger partial charge < -0.3 is 11.5 Å². The van der Waals surface area contributed by atoms with Crippen molar-refractivity contribution >= 4 is 62.8 Å². The monoisotopic (exact) mass is 537 g/mol. The molecule has 0 spiro atoms. The second-order valence-electron chi connectivity index (χ2n) is 14.9. The molecule has 1 fully saturated rings. The summed E-state index contributed by atoms with van der Waals surface area (Å²) in [6, 6.07) is 4.79. The van der Waals surface area contributed by atoms with Crippen LogP contribution < -0.4 is 5.46 Å². The second kappa shape index (κ2) is 8.65. The van der Waals surface area contributed by atoms with Gasteiger partial charge in [-0.25, -0.2) is 5.46 Å². The van der Waals surface area contributed by atoms with Gasteiger partial charge in [0.2, 0.25) is 0 Å². The van der Waals surface area contributed by atoms with Gasteiger partial charge >= 0.3 is 0 Å². The molecule has 0 bridgehead atoms. The molecule has 0 atom stereocenters. The molecule has 0 unspecified atom stereocenters. The van der Waals surface area contributed by atoms with Gasteiger partial charge in [-0.05, 0) is 26.1 Å². The lowest BCUT2D eigenvalue weighted by Crippen LogP contribution is -2.68. The van der Waals surface area contributed by atoms with E-state index < -0.39 is 40.6 Å². The SMILES string of the molecule is Cc1cc(C)c([B-](Cl)=[Si]2C([Si](C)(C)C)([Si](C)(C)C)CCC2([Si](C)(C)C)[Si](C)(C)C)c(C)c1. The third-order valence-corrected chi connectivity index (χ3v) is 45.6. The van der Waals surface area contributed by atoms with Crippen LogP contribution in [0, 0.1) is 20.8 Å². The van der Waals surface area contributed by atoms with Gasteiger partial charge in [0.15, 0.2) is 0 Å². The predicted octanol–water partition coefficient (Wildman–Crippen LogP) is 8.41. The summed E-state index contributed by atoms with van der Waals surface area (Å²) >= 11 is 8.00. The van der Waals surface area contributed by atoms with Gasteiger partial charge in [0.1, 0.15) is 0 Å². The molecule has 1 saturated heterocycles. The Morgan fingerprint density at radius 3 is 1.19 bits per heavy atom. The topological polar surface area (TPSA) is 0 Å². The van der Waals surface area contributed by atoms with E-state index in [4.69, 9.17) is 11.5 Å². The van der Waals surface area contributed by atoms with Crippen LogP contribution in [0.5, 0.6) is 0 Å². The van der Waals surface area contributed by atoms with Crippen LogP contribution in [0.1, 0.15) is 29.5 Å². The van der Waals surface area contributed by atoms with Gasteiger partial charge in [0.25, 0.3) is 0 Å². The molecule has 0 nitrogen and oxygen atoms in total. The third-order valence-electron chi connectivity index (χ3n) is 9.16. The van der Waals surface area contributed by atoms with Crippen LogP contribution in [0.3, 0.4) is 0 Å². The van der Waals surface area contributed by atoms with Crippen molar-refractivity contribution in [2.75, 3.05) is 0 Å². The van der Waals surface area contributed by atoms with Gasteiger partial charge in [-0.3, -0.25) is 0 Å². The highest BCUT2D eigenvalue weighted by Crippen LogP contribution is 2.69. The average Bonchev–Trinajstić information content (AvgIpc) is 2.91. The molecule has 0 aromatic heterocycles. The molecule has 2 rings (SSSR count). The molecular formula is C25H51BClSi5-. The Kier molecular flexibility index (Phi) is 7.81. The lowest BCUT2D eigenvalue weighted by Gasteiger charge is -2.62. The summed E-state index contributed by atoms with van der Waals surface area (Å²) in [4.78, 5) is 0. The number of benzene rings is 1. The van der Waals surface area contributed by atoms with E-state index in [2.05, 4.69) is 111 Å². The Balaban J connectivity index is 3.25. The zero-order valence-electron chi connectivity index (χ0n) is 24.0. The maximum atomic E-state index is 8.00. The lowest BCUT2D eigenvalue weighted by molar-refractivity contribution is 0.763. The van der Waals surface area contributed by atoms with Crippen molar-refractivity contribution in [3.05, 3.63) is 28.8 Å².